The van der Waals surface area contributed by atoms with Crippen LogP contribution in [0.25, 0.3) is 0 Å². The van der Waals surface area contributed by atoms with Gasteiger partial charge in [0.25, 0.3) is 0 Å². The van der Waals surface area contributed by atoms with Crippen molar-refractivity contribution < 1.29 is 0 Å². The molecule has 0 saturated heterocycles. The van der Waals surface area contributed by atoms with Crippen LogP contribution in [-0.4, -0.2) is 6.54 Å². The monoisotopic (exact) mass is 265 g/mol. The minimum absolute atomic E-state index is 0.521. The van der Waals surface area contributed by atoms with Crippen molar-refractivity contribution in [3.05, 3.63) is 21.9 Å². The van der Waals surface area contributed by atoms with Gasteiger partial charge < -0.3 is 5.32 Å². The fourth-order valence-corrected chi connectivity index (χ4v) is 3.99. The Morgan fingerprint density at radius 3 is 2.89 bits per heavy atom. The van der Waals surface area contributed by atoms with Crippen LogP contribution in [0, 0.1) is 11.8 Å². The molecule has 0 spiro atoms. The van der Waals surface area contributed by atoms with Gasteiger partial charge in [0.1, 0.15) is 0 Å². The van der Waals surface area contributed by atoms with Gasteiger partial charge >= 0.3 is 0 Å². The molecule has 18 heavy (non-hydrogen) atoms. The van der Waals surface area contributed by atoms with Crippen LogP contribution < -0.4 is 5.32 Å². The molecule has 1 saturated carbocycles. The van der Waals surface area contributed by atoms with Crippen LogP contribution in [0.2, 0.25) is 0 Å². The van der Waals surface area contributed by atoms with Crippen molar-refractivity contribution >= 4 is 11.3 Å². The maximum absolute atomic E-state index is 3.74. The Kier molecular flexibility index (Phi) is 5.25. The molecule has 0 amide bonds. The predicted molar refractivity (Wildman–Crippen MR) is 81.2 cm³/mol. The first-order valence-corrected chi connectivity index (χ1v) is 8.32. The van der Waals surface area contributed by atoms with E-state index < -0.39 is 0 Å². The first-order valence-electron chi connectivity index (χ1n) is 7.51. The number of thiophene rings is 1. The molecule has 1 N–H and O–H groups in total. The van der Waals surface area contributed by atoms with E-state index >= 15 is 0 Å². The molecule has 1 heterocycles. The van der Waals surface area contributed by atoms with Crippen molar-refractivity contribution in [2.45, 2.75) is 58.9 Å². The van der Waals surface area contributed by atoms with Crippen molar-refractivity contribution in [3.63, 3.8) is 0 Å². The van der Waals surface area contributed by atoms with Gasteiger partial charge in [0.05, 0.1) is 0 Å². The summed E-state index contributed by atoms with van der Waals surface area (Å²) in [5.41, 5.74) is 0. The summed E-state index contributed by atoms with van der Waals surface area (Å²) in [6, 6.07) is 5.10. The Morgan fingerprint density at radius 1 is 1.39 bits per heavy atom. The first kappa shape index (κ1) is 14.1. The Bertz CT molecular complexity index is 358. The predicted octanol–water partition coefficient (Wildman–Crippen LogP) is 4.79. The second kappa shape index (κ2) is 6.72. The molecule has 1 aromatic rings. The summed E-state index contributed by atoms with van der Waals surface area (Å²) in [6.45, 7) is 8.14. The van der Waals surface area contributed by atoms with E-state index in [4.69, 9.17) is 0 Å². The SMILES string of the molecule is CCc1ccc(C(C)NCC2CCCC(C)C2)s1. The van der Waals surface area contributed by atoms with Gasteiger partial charge in [-0.3, -0.25) is 0 Å². The van der Waals surface area contributed by atoms with Crippen molar-refractivity contribution in [3.8, 4) is 0 Å². The molecule has 3 atom stereocenters. The van der Waals surface area contributed by atoms with Gasteiger partial charge in [0.15, 0.2) is 0 Å². The number of rotatable bonds is 5. The molecule has 0 aromatic carbocycles. The fourth-order valence-electron chi connectivity index (χ4n) is 3.01. The standard InChI is InChI=1S/C16H27NS/c1-4-15-8-9-16(18-15)13(3)17-11-14-7-5-6-12(2)10-14/h8-9,12-14,17H,4-7,10-11H2,1-3H3. The lowest BCUT2D eigenvalue weighted by Crippen LogP contribution is -2.28. The van der Waals surface area contributed by atoms with Crippen LogP contribution >= 0.6 is 11.3 Å². The Labute approximate surface area is 116 Å². The summed E-state index contributed by atoms with van der Waals surface area (Å²) in [6.07, 6.45) is 6.88. The molecule has 0 radical (unpaired) electrons. The van der Waals surface area contributed by atoms with Crippen LogP contribution in [-0.2, 0) is 6.42 Å². The smallest absolute Gasteiger partial charge is 0.0386 e. The highest BCUT2D eigenvalue weighted by Gasteiger charge is 2.19. The molecule has 3 unspecified atom stereocenters. The van der Waals surface area contributed by atoms with Crippen molar-refractivity contribution in [2.24, 2.45) is 11.8 Å². The van der Waals surface area contributed by atoms with Crippen molar-refractivity contribution in [1.29, 1.82) is 0 Å². The molecule has 1 aliphatic carbocycles. The normalized spacial score (nSPS) is 26.2. The zero-order valence-electron chi connectivity index (χ0n) is 12.0. The van der Waals surface area contributed by atoms with Crippen LogP contribution in [0.4, 0.5) is 0 Å². The van der Waals surface area contributed by atoms with Gasteiger partial charge in [-0.1, -0.05) is 26.7 Å². The lowest BCUT2D eigenvalue weighted by Gasteiger charge is -2.28. The van der Waals surface area contributed by atoms with E-state index in [1.165, 1.54) is 42.0 Å². The molecule has 1 fully saturated rings. The van der Waals surface area contributed by atoms with E-state index in [1.54, 1.807) is 0 Å². The zero-order chi connectivity index (χ0) is 13.0. The summed E-state index contributed by atoms with van der Waals surface area (Å²) < 4.78 is 0. The molecule has 0 bridgehead atoms. The van der Waals surface area contributed by atoms with Gasteiger partial charge in [-0.2, -0.15) is 0 Å². The van der Waals surface area contributed by atoms with Gasteiger partial charge in [-0.15, -0.1) is 11.3 Å². The quantitative estimate of drug-likeness (QED) is 0.807. The average molecular weight is 265 g/mol. The highest BCUT2D eigenvalue weighted by molar-refractivity contribution is 7.12. The average Bonchev–Trinajstić information content (AvgIpc) is 2.85. The third-order valence-corrected chi connectivity index (χ3v) is 5.63. The molecule has 1 aliphatic rings. The Morgan fingerprint density at radius 2 is 2.22 bits per heavy atom. The third kappa shape index (κ3) is 3.83. The largest absolute Gasteiger partial charge is 0.309 e. The van der Waals surface area contributed by atoms with Crippen molar-refractivity contribution in [2.75, 3.05) is 6.54 Å². The van der Waals surface area contributed by atoms with E-state index in [0.717, 1.165) is 18.3 Å². The van der Waals surface area contributed by atoms with E-state index in [-0.39, 0.29) is 0 Å². The number of hydrogen-bond donors (Lipinski definition) is 1. The minimum atomic E-state index is 0.521. The Balaban J connectivity index is 1.78. The molecular weight excluding hydrogens is 238 g/mol. The lowest BCUT2D eigenvalue weighted by atomic mass is 9.82. The lowest BCUT2D eigenvalue weighted by molar-refractivity contribution is 0.269. The number of aryl methyl sites for hydroxylation is 1. The number of nitrogens with one attached hydrogen (secondary N) is 1. The van der Waals surface area contributed by atoms with E-state index in [0.29, 0.717) is 6.04 Å². The second-order valence-corrected chi connectivity index (χ2v) is 7.13. The number of hydrogen-bond acceptors (Lipinski definition) is 2. The molecule has 2 rings (SSSR count). The highest BCUT2D eigenvalue weighted by Crippen LogP contribution is 2.29. The van der Waals surface area contributed by atoms with Crippen LogP contribution in [0.3, 0.4) is 0 Å². The summed E-state index contributed by atoms with van der Waals surface area (Å²) in [4.78, 5) is 3.00. The summed E-state index contributed by atoms with van der Waals surface area (Å²) in [5.74, 6) is 1.84. The molecule has 1 nitrogen and oxygen atoms in total. The molecule has 0 aliphatic heterocycles. The third-order valence-electron chi connectivity index (χ3n) is 4.22. The van der Waals surface area contributed by atoms with E-state index in [1.807, 2.05) is 11.3 Å². The van der Waals surface area contributed by atoms with Crippen LogP contribution in [0.1, 0.15) is 62.3 Å². The molecule has 1 aromatic heterocycles. The molecule has 2 heteroatoms. The maximum atomic E-state index is 3.74. The summed E-state index contributed by atoms with van der Waals surface area (Å²) in [7, 11) is 0. The van der Waals surface area contributed by atoms with E-state index in [2.05, 4.69) is 38.2 Å². The second-order valence-electron chi connectivity index (χ2n) is 5.93. The topological polar surface area (TPSA) is 12.0 Å². The summed E-state index contributed by atoms with van der Waals surface area (Å²) in [5, 5.41) is 3.74. The highest BCUT2D eigenvalue weighted by atomic mass is 32.1. The van der Waals surface area contributed by atoms with Gasteiger partial charge in [0, 0.05) is 15.8 Å². The van der Waals surface area contributed by atoms with Crippen molar-refractivity contribution in [1.82, 2.24) is 5.32 Å². The maximum Gasteiger partial charge on any atom is 0.0386 e. The first-order chi connectivity index (χ1) is 8.69. The minimum Gasteiger partial charge on any atom is -0.309 e. The van der Waals surface area contributed by atoms with Crippen LogP contribution in [0.15, 0.2) is 12.1 Å². The van der Waals surface area contributed by atoms with E-state index in [9.17, 15) is 0 Å². The molecule has 102 valence electrons. The van der Waals surface area contributed by atoms with Crippen LogP contribution in [0.5, 0.6) is 0 Å². The van der Waals surface area contributed by atoms with Gasteiger partial charge in [-0.25, -0.2) is 0 Å². The fraction of sp³-hybridized carbons (Fsp3) is 0.750. The zero-order valence-corrected chi connectivity index (χ0v) is 12.9. The van der Waals surface area contributed by atoms with Gasteiger partial charge in [-0.05, 0) is 56.7 Å². The molecular formula is C16H27NS. The van der Waals surface area contributed by atoms with Gasteiger partial charge in [0.2, 0.25) is 0 Å². The summed E-state index contributed by atoms with van der Waals surface area (Å²) >= 11 is 1.97. The Hall–Kier alpha value is -0.340.